The van der Waals surface area contributed by atoms with Crippen LogP contribution in [0.5, 0.6) is 0 Å². The molecular formula is C12H18N4O2. The Bertz CT molecular complexity index is 450. The predicted molar refractivity (Wildman–Crippen MR) is 69.4 cm³/mol. The Balaban J connectivity index is 2.21. The van der Waals surface area contributed by atoms with Crippen LogP contribution in [0.15, 0.2) is 12.3 Å². The fraction of sp³-hybridized carbons (Fsp3) is 0.500. The molecule has 0 aromatic carbocycles. The number of ether oxygens (including phenoxy) is 1. The Morgan fingerprint density at radius 1 is 1.67 bits per heavy atom. The molecule has 1 aromatic heterocycles. The second kappa shape index (κ2) is 5.22. The average molecular weight is 250 g/mol. The fourth-order valence-corrected chi connectivity index (χ4v) is 2.30. The summed E-state index contributed by atoms with van der Waals surface area (Å²) in [5.41, 5.74) is 11.8. The van der Waals surface area contributed by atoms with Gasteiger partial charge in [-0.05, 0) is 12.5 Å². The number of rotatable bonds is 4. The molecule has 1 aliphatic heterocycles. The number of anilines is 2. The van der Waals surface area contributed by atoms with Crippen LogP contribution in [0.3, 0.4) is 0 Å². The number of hydrogen-bond donors (Lipinski definition) is 2. The van der Waals surface area contributed by atoms with Gasteiger partial charge in [0.05, 0.1) is 24.1 Å². The summed E-state index contributed by atoms with van der Waals surface area (Å²) in [5, 5.41) is 0. The highest BCUT2D eigenvalue weighted by molar-refractivity contribution is 5.98. The molecule has 0 aliphatic carbocycles. The average Bonchev–Trinajstić information content (AvgIpc) is 2.78. The molecule has 1 saturated heterocycles. The molecule has 1 aromatic rings. The van der Waals surface area contributed by atoms with Gasteiger partial charge in [-0.1, -0.05) is 0 Å². The molecule has 0 radical (unpaired) electrons. The van der Waals surface area contributed by atoms with Gasteiger partial charge in [0.15, 0.2) is 0 Å². The van der Waals surface area contributed by atoms with Crippen molar-refractivity contribution in [1.29, 1.82) is 0 Å². The first-order chi connectivity index (χ1) is 8.61. The zero-order valence-electron chi connectivity index (χ0n) is 10.4. The summed E-state index contributed by atoms with van der Waals surface area (Å²) in [7, 11) is 1.69. The van der Waals surface area contributed by atoms with Gasteiger partial charge in [-0.15, -0.1) is 0 Å². The van der Waals surface area contributed by atoms with E-state index in [0.717, 1.165) is 26.1 Å². The van der Waals surface area contributed by atoms with Crippen LogP contribution in [0.1, 0.15) is 16.8 Å². The smallest absolute Gasteiger partial charge is 0.252 e. The Labute approximate surface area is 106 Å². The van der Waals surface area contributed by atoms with Crippen LogP contribution in [0.25, 0.3) is 0 Å². The van der Waals surface area contributed by atoms with Gasteiger partial charge < -0.3 is 21.1 Å². The summed E-state index contributed by atoms with van der Waals surface area (Å²) in [4.78, 5) is 17.7. The topological polar surface area (TPSA) is 94.5 Å². The lowest BCUT2D eigenvalue weighted by Gasteiger charge is -2.19. The quantitative estimate of drug-likeness (QED) is 0.798. The molecule has 0 saturated carbocycles. The van der Waals surface area contributed by atoms with E-state index in [2.05, 4.69) is 9.88 Å². The maximum Gasteiger partial charge on any atom is 0.252 e. The van der Waals surface area contributed by atoms with E-state index in [1.807, 2.05) is 0 Å². The van der Waals surface area contributed by atoms with Crippen LogP contribution >= 0.6 is 0 Å². The van der Waals surface area contributed by atoms with Gasteiger partial charge in [-0.3, -0.25) is 4.79 Å². The molecule has 1 fully saturated rings. The molecule has 1 amide bonds. The van der Waals surface area contributed by atoms with Crippen molar-refractivity contribution >= 4 is 17.4 Å². The van der Waals surface area contributed by atoms with Gasteiger partial charge in [0.25, 0.3) is 5.91 Å². The Morgan fingerprint density at radius 2 is 2.44 bits per heavy atom. The summed E-state index contributed by atoms with van der Waals surface area (Å²) < 4.78 is 5.15. The number of carbonyl (C=O) groups excluding carboxylic acids is 1. The van der Waals surface area contributed by atoms with Crippen molar-refractivity contribution in [2.45, 2.75) is 6.42 Å². The molecule has 6 heteroatoms. The third-order valence-corrected chi connectivity index (χ3v) is 3.14. The summed E-state index contributed by atoms with van der Waals surface area (Å²) >= 11 is 0. The number of methoxy groups -OCH3 is 1. The molecule has 98 valence electrons. The van der Waals surface area contributed by atoms with Gasteiger partial charge in [-0.2, -0.15) is 0 Å². The summed E-state index contributed by atoms with van der Waals surface area (Å²) in [5.74, 6) is 0.588. The largest absolute Gasteiger partial charge is 0.397 e. The molecule has 1 atom stereocenters. The second-order valence-corrected chi connectivity index (χ2v) is 4.56. The molecule has 6 nitrogen and oxygen atoms in total. The van der Waals surface area contributed by atoms with Crippen LogP contribution in [0.4, 0.5) is 11.5 Å². The van der Waals surface area contributed by atoms with Gasteiger partial charge in [0.1, 0.15) is 5.82 Å². The van der Waals surface area contributed by atoms with Crippen LogP contribution in [0.2, 0.25) is 0 Å². The SMILES string of the molecule is COCC1CCN(c2ncc(N)cc2C(N)=O)C1. The highest BCUT2D eigenvalue weighted by Gasteiger charge is 2.26. The molecule has 1 aliphatic rings. The third-order valence-electron chi connectivity index (χ3n) is 3.14. The molecule has 2 heterocycles. The van der Waals surface area contributed by atoms with Crippen LogP contribution in [-0.2, 0) is 4.74 Å². The number of nitrogen functional groups attached to an aromatic ring is 1. The Kier molecular flexibility index (Phi) is 3.66. The lowest BCUT2D eigenvalue weighted by Crippen LogP contribution is -2.26. The number of nitrogens with two attached hydrogens (primary N) is 2. The highest BCUT2D eigenvalue weighted by atomic mass is 16.5. The molecule has 0 bridgehead atoms. The Morgan fingerprint density at radius 3 is 3.11 bits per heavy atom. The van der Waals surface area contributed by atoms with E-state index in [1.54, 1.807) is 19.4 Å². The zero-order valence-corrected chi connectivity index (χ0v) is 10.4. The molecule has 18 heavy (non-hydrogen) atoms. The number of hydrogen-bond acceptors (Lipinski definition) is 5. The standard InChI is InChI=1S/C12H18N4O2/c1-18-7-8-2-3-16(6-8)12-10(11(14)17)4-9(13)5-15-12/h4-5,8H,2-3,6-7,13H2,1H3,(H2,14,17). The number of primary amides is 1. The van der Waals surface area contributed by atoms with Crippen molar-refractivity contribution in [2.24, 2.45) is 11.7 Å². The van der Waals surface area contributed by atoms with Crippen molar-refractivity contribution in [3.8, 4) is 0 Å². The van der Waals surface area contributed by atoms with E-state index in [9.17, 15) is 4.79 Å². The summed E-state index contributed by atoms with van der Waals surface area (Å²) in [6, 6.07) is 1.58. The van der Waals surface area contributed by atoms with Crippen molar-refractivity contribution in [1.82, 2.24) is 4.98 Å². The highest BCUT2D eigenvalue weighted by Crippen LogP contribution is 2.26. The third kappa shape index (κ3) is 2.53. The number of pyridine rings is 1. The first kappa shape index (κ1) is 12.6. The van der Waals surface area contributed by atoms with E-state index >= 15 is 0 Å². The maximum atomic E-state index is 11.4. The van der Waals surface area contributed by atoms with Gasteiger partial charge in [0, 0.05) is 26.1 Å². The molecule has 2 rings (SSSR count). The van der Waals surface area contributed by atoms with E-state index in [-0.39, 0.29) is 0 Å². The van der Waals surface area contributed by atoms with E-state index in [0.29, 0.717) is 23.0 Å². The van der Waals surface area contributed by atoms with E-state index in [4.69, 9.17) is 16.2 Å². The normalized spacial score (nSPS) is 19.2. The minimum Gasteiger partial charge on any atom is -0.397 e. The second-order valence-electron chi connectivity index (χ2n) is 4.56. The van der Waals surface area contributed by atoms with Crippen LogP contribution in [0, 0.1) is 5.92 Å². The minimum atomic E-state index is -0.500. The molecule has 4 N–H and O–H groups in total. The summed E-state index contributed by atoms with van der Waals surface area (Å²) in [6.45, 7) is 2.40. The molecule has 0 spiro atoms. The predicted octanol–water partition coefficient (Wildman–Crippen LogP) is 0.235. The van der Waals surface area contributed by atoms with Crippen molar-refractivity contribution in [3.05, 3.63) is 17.8 Å². The first-order valence-corrected chi connectivity index (χ1v) is 5.91. The first-order valence-electron chi connectivity index (χ1n) is 5.91. The van der Waals surface area contributed by atoms with Crippen molar-refractivity contribution in [2.75, 3.05) is 37.4 Å². The lowest BCUT2D eigenvalue weighted by molar-refractivity contribution is 0.100. The monoisotopic (exact) mass is 250 g/mol. The molecule has 1 unspecified atom stereocenters. The maximum absolute atomic E-state index is 11.4. The van der Waals surface area contributed by atoms with Crippen molar-refractivity contribution < 1.29 is 9.53 Å². The van der Waals surface area contributed by atoms with Gasteiger partial charge in [0.2, 0.25) is 0 Å². The van der Waals surface area contributed by atoms with Gasteiger partial charge >= 0.3 is 0 Å². The van der Waals surface area contributed by atoms with Crippen LogP contribution < -0.4 is 16.4 Å². The number of carbonyl (C=O) groups is 1. The van der Waals surface area contributed by atoms with E-state index in [1.165, 1.54) is 0 Å². The summed E-state index contributed by atoms with van der Waals surface area (Å²) in [6.07, 6.45) is 2.57. The lowest BCUT2D eigenvalue weighted by atomic mass is 10.1. The minimum absolute atomic E-state index is 0.382. The van der Waals surface area contributed by atoms with Gasteiger partial charge in [-0.25, -0.2) is 4.98 Å². The Hall–Kier alpha value is -1.82. The van der Waals surface area contributed by atoms with Crippen LogP contribution in [-0.4, -0.2) is 37.7 Å². The number of nitrogens with zero attached hydrogens (tertiary/aromatic N) is 2. The van der Waals surface area contributed by atoms with Crippen molar-refractivity contribution in [3.63, 3.8) is 0 Å². The fourth-order valence-electron chi connectivity index (χ4n) is 2.30. The number of aromatic nitrogens is 1. The number of amides is 1. The molecular weight excluding hydrogens is 232 g/mol. The van der Waals surface area contributed by atoms with E-state index < -0.39 is 5.91 Å². The zero-order chi connectivity index (χ0) is 13.1.